The number of halogens is 1. The van der Waals surface area contributed by atoms with E-state index < -0.39 is 0 Å². The van der Waals surface area contributed by atoms with Crippen LogP contribution < -0.4 is 9.47 Å². The van der Waals surface area contributed by atoms with Crippen molar-refractivity contribution in [3.8, 4) is 11.5 Å². The van der Waals surface area contributed by atoms with Crippen LogP contribution in [-0.2, 0) is 9.53 Å². The largest absolute Gasteiger partial charge is 0.493 e. The van der Waals surface area contributed by atoms with E-state index in [-0.39, 0.29) is 5.97 Å². The number of hydrogen-bond donors (Lipinski definition) is 0. The maximum Gasteiger partial charge on any atom is 0.343 e. The third kappa shape index (κ3) is 3.36. The van der Waals surface area contributed by atoms with Crippen molar-refractivity contribution in [3.05, 3.63) is 69.7 Å². The van der Waals surface area contributed by atoms with Gasteiger partial charge in [-0.1, -0.05) is 34.1 Å². The van der Waals surface area contributed by atoms with Gasteiger partial charge in [-0.2, -0.15) is 0 Å². The molecule has 4 nitrogen and oxygen atoms in total. The summed E-state index contributed by atoms with van der Waals surface area (Å²) >= 11 is 3.39. The zero-order valence-electron chi connectivity index (χ0n) is 13.2. The van der Waals surface area contributed by atoms with Crippen LogP contribution in [-0.4, -0.2) is 20.2 Å². The number of carbonyl (C=O) groups excluding carboxylic acids is 1. The average molecular weight is 387 g/mol. The van der Waals surface area contributed by atoms with E-state index in [0.29, 0.717) is 22.8 Å². The van der Waals surface area contributed by atoms with Crippen molar-refractivity contribution in [1.82, 2.24) is 0 Å². The molecule has 0 radical (unpaired) electrons. The molecule has 0 fully saturated rings. The molecule has 24 heavy (non-hydrogen) atoms. The minimum absolute atomic E-state index is 0.372. The Hall–Kier alpha value is -2.53. The predicted molar refractivity (Wildman–Crippen MR) is 95.7 cm³/mol. The third-order valence-corrected chi connectivity index (χ3v) is 4.11. The number of carbonyl (C=O) groups is 1. The van der Waals surface area contributed by atoms with E-state index in [4.69, 9.17) is 14.2 Å². The first-order valence-corrected chi connectivity index (χ1v) is 8.03. The lowest BCUT2D eigenvalue weighted by Gasteiger charge is -2.07. The van der Waals surface area contributed by atoms with Crippen molar-refractivity contribution in [1.29, 1.82) is 0 Å². The second-order valence-electron chi connectivity index (χ2n) is 5.12. The molecular formula is C19H15BrO4. The topological polar surface area (TPSA) is 44.8 Å². The zero-order chi connectivity index (χ0) is 17.1. The van der Waals surface area contributed by atoms with Crippen LogP contribution in [0.5, 0.6) is 11.5 Å². The van der Waals surface area contributed by atoms with Gasteiger partial charge in [-0.15, -0.1) is 0 Å². The fraction of sp³-hybridized carbons (Fsp3) is 0.105. The first-order chi connectivity index (χ1) is 11.6. The molecule has 3 rings (SSSR count). The highest BCUT2D eigenvalue weighted by Gasteiger charge is 2.22. The molecule has 5 heteroatoms. The molecule has 0 atom stereocenters. The lowest BCUT2D eigenvalue weighted by Crippen LogP contribution is -1.97. The van der Waals surface area contributed by atoms with Gasteiger partial charge in [0.25, 0.3) is 0 Å². The molecule has 0 spiro atoms. The van der Waals surface area contributed by atoms with E-state index in [1.54, 1.807) is 32.4 Å². The van der Waals surface area contributed by atoms with E-state index in [2.05, 4.69) is 15.9 Å². The van der Waals surface area contributed by atoms with E-state index in [9.17, 15) is 4.79 Å². The van der Waals surface area contributed by atoms with E-state index in [1.165, 1.54) is 0 Å². The standard InChI is InChI=1S/C19H15BrO4/c1-22-16-8-3-12(10-18(16)23-2)9-14-11-17(24-19(14)21)13-4-6-15(20)7-5-13/h3-11H,1-2H3/b14-9-. The van der Waals surface area contributed by atoms with Gasteiger partial charge in [0, 0.05) is 10.0 Å². The Morgan fingerprint density at radius 2 is 1.71 bits per heavy atom. The van der Waals surface area contributed by atoms with Gasteiger partial charge < -0.3 is 14.2 Å². The second-order valence-corrected chi connectivity index (χ2v) is 6.03. The van der Waals surface area contributed by atoms with Crippen molar-refractivity contribution in [3.63, 3.8) is 0 Å². The summed E-state index contributed by atoms with van der Waals surface area (Å²) in [6, 6.07) is 13.0. The maximum absolute atomic E-state index is 12.1. The highest BCUT2D eigenvalue weighted by Crippen LogP contribution is 2.31. The molecule has 1 aliphatic rings. The van der Waals surface area contributed by atoms with Gasteiger partial charge in [0.2, 0.25) is 0 Å². The highest BCUT2D eigenvalue weighted by atomic mass is 79.9. The summed E-state index contributed by atoms with van der Waals surface area (Å²) in [5, 5.41) is 0. The maximum atomic E-state index is 12.1. The van der Waals surface area contributed by atoms with Gasteiger partial charge in [0.1, 0.15) is 5.76 Å². The quantitative estimate of drug-likeness (QED) is 0.575. The first kappa shape index (κ1) is 16.3. The van der Waals surface area contributed by atoms with Crippen molar-refractivity contribution >= 4 is 33.7 Å². The molecule has 2 aromatic carbocycles. The number of ether oxygens (including phenoxy) is 3. The number of hydrogen-bond acceptors (Lipinski definition) is 4. The lowest BCUT2D eigenvalue weighted by atomic mass is 10.1. The summed E-state index contributed by atoms with van der Waals surface area (Å²) in [6.45, 7) is 0. The van der Waals surface area contributed by atoms with Crippen LogP contribution >= 0.6 is 15.9 Å². The summed E-state index contributed by atoms with van der Waals surface area (Å²) < 4.78 is 16.8. The summed E-state index contributed by atoms with van der Waals surface area (Å²) in [6.07, 6.45) is 3.50. The Bertz CT molecular complexity index is 835. The third-order valence-electron chi connectivity index (χ3n) is 3.58. The number of esters is 1. The smallest absolute Gasteiger partial charge is 0.343 e. The molecule has 2 aromatic rings. The van der Waals surface area contributed by atoms with Crippen LogP contribution in [0.4, 0.5) is 0 Å². The Morgan fingerprint density at radius 3 is 2.38 bits per heavy atom. The molecule has 0 N–H and O–H groups in total. The van der Waals surface area contributed by atoms with Crippen LogP contribution in [0, 0.1) is 0 Å². The van der Waals surface area contributed by atoms with Crippen molar-refractivity contribution in [2.75, 3.05) is 14.2 Å². The molecule has 0 bridgehead atoms. The molecule has 0 saturated heterocycles. The van der Waals surface area contributed by atoms with Gasteiger partial charge in [-0.25, -0.2) is 4.79 Å². The van der Waals surface area contributed by atoms with Crippen LogP contribution in [0.1, 0.15) is 11.1 Å². The first-order valence-electron chi connectivity index (χ1n) is 7.24. The monoisotopic (exact) mass is 386 g/mol. The number of benzene rings is 2. The fourth-order valence-corrected chi connectivity index (χ4v) is 2.63. The van der Waals surface area contributed by atoms with Gasteiger partial charge in [0.05, 0.1) is 19.8 Å². The molecule has 1 heterocycles. The second kappa shape index (κ2) is 6.93. The number of methoxy groups -OCH3 is 2. The van der Waals surface area contributed by atoms with Crippen LogP contribution in [0.3, 0.4) is 0 Å². The average Bonchev–Trinajstić information content (AvgIpc) is 2.96. The predicted octanol–water partition coefficient (Wildman–Crippen LogP) is 4.45. The van der Waals surface area contributed by atoms with Gasteiger partial charge in [-0.05, 0) is 42.0 Å². The van der Waals surface area contributed by atoms with Gasteiger partial charge >= 0.3 is 5.97 Å². The van der Waals surface area contributed by atoms with Crippen molar-refractivity contribution in [2.45, 2.75) is 0 Å². The van der Waals surface area contributed by atoms with E-state index in [1.807, 2.05) is 36.4 Å². The highest BCUT2D eigenvalue weighted by molar-refractivity contribution is 9.10. The molecule has 1 aliphatic heterocycles. The zero-order valence-corrected chi connectivity index (χ0v) is 14.8. The summed E-state index contributed by atoms with van der Waals surface area (Å²) in [7, 11) is 3.15. The Balaban J connectivity index is 1.92. The van der Waals surface area contributed by atoms with Gasteiger partial charge in [-0.3, -0.25) is 0 Å². The Morgan fingerprint density at radius 1 is 1.00 bits per heavy atom. The van der Waals surface area contributed by atoms with Crippen LogP contribution in [0.15, 0.2) is 58.6 Å². The van der Waals surface area contributed by atoms with Crippen LogP contribution in [0.2, 0.25) is 0 Å². The molecule has 0 aliphatic carbocycles. The summed E-state index contributed by atoms with van der Waals surface area (Å²) in [5.41, 5.74) is 2.16. The molecular weight excluding hydrogens is 372 g/mol. The normalized spacial score (nSPS) is 15.2. The van der Waals surface area contributed by atoms with Gasteiger partial charge in [0.15, 0.2) is 11.5 Å². The summed E-state index contributed by atoms with van der Waals surface area (Å²) in [4.78, 5) is 12.1. The SMILES string of the molecule is COc1ccc(/C=C2/C=C(c3ccc(Br)cc3)OC2=O)cc1OC. The molecule has 0 amide bonds. The molecule has 0 unspecified atom stereocenters. The molecule has 122 valence electrons. The van der Waals surface area contributed by atoms with E-state index in [0.717, 1.165) is 15.6 Å². The van der Waals surface area contributed by atoms with E-state index >= 15 is 0 Å². The lowest BCUT2D eigenvalue weighted by molar-refractivity contribution is -0.130. The Kier molecular flexibility index (Phi) is 4.71. The molecule has 0 saturated carbocycles. The van der Waals surface area contributed by atoms with Crippen LogP contribution in [0.25, 0.3) is 11.8 Å². The minimum atomic E-state index is -0.372. The van der Waals surface area contributed by atoms with Crippen molar-refractivity contribution in [2.24, 2.45) is 0 Å². The number of rotatable bonds is 4. The number of cyclic esters (lactones) is 1. The Labute approximate surface area is 148 Å². The summed E-state index contributed by atoms with van der Waals surface area (Å²) in [5.74, 6) is 1.41. The molecule has 0 aromatic heterocycles. The fourth-order valence-electron chi connectivity index (χ4n) is 2.37. The van der Waals surface area contributed by atoms with Crippen molar-refractivity contribution < 1.29 is 19.0 Å². The minimum Gasteiger partial charge on any atom is -0.493 e.